The van der Waals surface area contributed by atoms with Crippen LogP contribution in [0.15, 0.2) is 30.7 Å². The summed E-state index contributed by atoms with van der Waals surface area (Å²) in [4.78, 5) is 16.7. The minimum absolute atomic E-state index is 0.561. The van der Waals surface area contributed by atoms with E-state index in [2.05, 4.69) is 38.0 Å². The Kier molecular flexibility index (Phi) is 5.21. The van der Waals surface area contributed by atoms with Crippen molar-refractivity contribution in [2.75, 3.05) is 26.2 Å². The Morgan fingerprint density at radius 1 is 0.958 bits per heavy atom. The number of piperidine rings is 1. The summed E-state index contributed by atoms with van der Waals surface area (Å²) in [6, 6.07) is 6.75. The van der Waals surface area contributed by atoms with Gasteiger partial charge in [0.1, 0.15) is 6.33 Å². The van der Waals surface area contributed by atoms with Crippen LogP contribution in [0.1, 0.15) is 47.0 Å². The van der Waals surface area contributed by atoms with Crippen LogP contribution in [0.4, 0.5) is 0 Å². The van der Waals surface area contributed by atoms with Gasteiger partial charge in [-0.3, -0.25) is 9.80 Å². The van der Waals surface area contributed by atoms with Crippen molar-refractivity contribution < 1.29 is 0 Å². The third-order valence-electron chi connectivity index (χ3n) is 5.20. The first-order valence-electron chi connectivity index (χ1n) is 9.15. The van der Waals surface area contributed by atoms with Crippen molar-refractivity contribution in [3.05, 3.63) is 46.2 Å². The van der Waals surface area contributed by atoms with Crippen LogP contribution in [0.2, 0.25) is 0 Å². The van der Waals surface area contributed by atoms with Gasteiger partial charge in [0.15, 0.2) is 0 Å². The summed E-state index contributed by atoms with van der Waals surface area (Å²) in [7, 11) is 0. The molecule has 0 unspecified atom stereocenters. The van der Waals surface area contributed by atoms with Crippen LogP contribution < -0.4 is 0 Å². The summed E-state index contributed by atoms with van der Waals surface area (Å²) in [5.41, 5.74) is 1.20. The molecule has 128 valence electrons. The molecule has 4 rings (SSSR count). The molecule has 4 heterocycles. The fraction of sp³-hybridized carbons (Fsp3) is 0.579. The van der Waals surface area contributed by atoms with Crippen LogP contribution in [0, 0.1) is 0 Å². The predicted octanol–water partition coefficient (Wildman–Crippen LogP) is 3.51. The molecule has 0 N–H and O–H groups in total. The zero-order valence-electron chi connectivity index (χ0n) is 14.2. The predicted molar refractivity (Wildman–Crippen MR) is 98.1 cm³/mol. The highest BCUT2D eigenvalue weighted by molar-refractivity contribution is 7.11. The molecule has 2 aliphatic heterocycles. The summed E-state index contributed by atoms with van der Waals surface area (Å²) in [5.74, 6) is 0.561. The largest absolute Gasteiger partial charge is 0.298 e. The minimum Gasteiger partial charge on any atom is -0.298 e. The first-order chi connectivity index (χ1) is 11.9. The maximum atomic E-state index is 4.46. The molecule has 0 saturated carbocycles. The lowest BCUT2D eigenvalue weighted by Crippen LogP contribution is -2.33. The molecule has 2 saturated heterocycles. The zero-order chi connectivity index (χ0) is 16.2. The van der Waals surface area contributed by atoms with Crippen LogP contribution in [0.25, 0.3) is 0 Å². The standard InChI is InChI=1S/C19H26N4S/c1-2-10-22(9-1)13-17-5-6-18(24-17)14-23-11-3-4-16(12-23)19-7-8-20-15-21-19/h5-8,15-16H,1-4,9-14H2/t16-/m1/s1. The molecule has 0 amide bonds. The number of likely N-dealkylation sites (tertiary alicyclic amines) is 2. The van der Waals surface area contributed by atoms with Crippen LogP contribution in [0.3, 0.4) is 0 Å². The first-order valence-corrected chi connectivity index (χ1v) is 9.97. The van der Waals surface area contributed by atoms with E-state index in [9.17, 15) is 0 Å². The molecule has 0 bridgehead atoms. The van der Waals surface area contributed by atoms with E-state index in [-0.39, 0.29) is 0 Å². The van der Waals surface area contributed by atoms with Gasteiger partial charge < -0.3 is 0 Å². The molecule has 2 aromatic heterocycles. The van der Waals surface area contributed by atoms with Crippen molar-refractivity contribution in [1.29, 1.82) is 0 Å². The highest BCUT2D eigenvalue weighted by Crippen LogP contribution is 2.28. The fourth-order valence-electron chi connectivity index (χ4n) is 3.96. The smallest absolute Gasteiger partial charge is 0.115 e. The normalized spacial score (nSPS) is 22.9. The SMILES string of the molecule is c1cc([C@@H]2CCCN(Cc3ccc(CN4CCCC4)s3)C2)ncn1. The molecule has 5 heteroatoms. The maximum absolute atomic E-state index is 4.46. The number of thiophene rings is 1. The van der Waals surface area contributed by atoms with E-state index in [0.717, 1.165) is 19.6 Å². The average Bonchev–Trinajstić information content (AvgIpc) is 3.29. The first kappa shape index (κ1) is 16.2. The molecular formula is C19H26N4S. The molecule has 1 atom stereocenters. The number of hydrogen-bond acceptors (Lipinski definition) is 5. The molecular weight excluding hydrogens is 316 g/mol. The second kappa shape index (κ2) is 7.72. The number of rotatable bonds is 5. The summed E-state index contributed by atoms with van der Waals surface area (Å²) < 4.78 is 0. The molecule has 0 aliphatic carbocycles. The Morgan fingerprint density at radius 3 is 2.46 bits per heavy atom. The van der Waals surface area contributed by atoms with E-state index < -0.39 is 0 Å². The van der Waals surface area contributed by atoms with Gasteiger partial charge in [0, 0.05) is 47.2 Å². The Bertz CT molecular complexity index is 636. The molecule has 0 radical (unpaired) electrons. The van der Waals surface area contributed by atoms with E-state index in [4.69, 9.17) is 0 Å². The summed E-state index contributed by atoms with van der Waals surface area (Å²) in [6.07, 6.45) is 8.80. The van der Waals surface area contributed by atoms with Gasteiger partial charge >= 0.3 is 0 Å². The zero-order valence-corrected chi connectivity index (χ0v) is 15.0. The highest BCUT2D eigenvalue weighted by atomic mass is 32.1. The Balaban J connectivity index is 1.34. The van der Waals surface area contributed by atoms with Gasteiger partial charge in [-0.2, -0.15) is 0 Å². The Hall–Kier alpha value is -1.30. The van der Waals surface area contributed by atoms with E-state index in [1.807, 2.05) is 17.5 Å². The van der Waals surface area contributed by atoms with Gasteiger partial charge in [0.2, 0.25) is 0 Å². The molecule has 24 heavy (non-hydrogen) atoms. The Morgan fingerprint density at radius 2 is 1.71 bits per heavy atom. The summed E-state index contributed by atoms with van der Waals surface area (Å²) >= 11 is 2.00. The van der Waals surface area contributed by atoms with Crippen molar-refractivity contribution in [3.63, 3.8) is 0 Å². The quantitative estimate of drug-likeness (QED) is 0.832. The van der Waals surface area contributed by atoms with Crippen LogP contribution >= 0.6 is 11.3 Å². The van der Waals surface area contributed by atoms with Crippen molar-refractivity contribution in [2.24, 2.45) is 0 Å². The topological polar surface area (TPSA) is 32.3 Å². The van der Waals surface area contributed by atoms with E-state index in [1.165, 1.54) is 60.8 Å². The van der Waals surface area contributed by atoms with Gasteiger partial charge in [-0.25, -0.2) is 9.97 Å². The van der Waals surface area contributed by atoms with E-state index in [0.29, 0.717) is 5.92 Å². The average molecular weight is 343 g/mol. The lowest BCUT2D eigenvalue weighted by atomic mass is 9.94. The number of nitrogens with zero attached hydrogens (tertiary/aromatic N) is 4. The maximum Gasteiger partial charge on any atom is 0.115 e. The van der Waals surface area contributed by atoms with Crippen molar-refractivity contribution in [3.8, 4) is 0 Å². The van der Waals surface area contributed by atoms with Gasteiger partial charge in [-0.15, -0.1) is 11.3 Å². The minimum atomic E-state index is 0.561. The summed E-state index contributed by atoms with van der Waals surface area (Å²) in [6.45, 7) is 7.12. The second-order valence-corrected chi connectivity index (χ2v) is 8.31. The van der Waals surface area contributed by atoms with Crippen molar-refractivity contribution >= 4 is 11.3 Å². The lowest BCUT2D eigenvalue weighted by molar-refractivity contribution is 0.200. The van der Waals surface area contributed by atoms with E-state index in [1.54, 1.807) is 6.33 Å². The third kappa shape index (κ3) is 4.02. The molecule has 0 aromatic carbocycles. The van der Waals surface area contributed by atoms with Crippen LogP contribution in [0.5, 0.6) is 0 Å². The second-order valence-electron chi connectivity index (χ2n) is 7.06. The van der Waals surface area contributed by atoms with Crippen LogP contribution in [-0.4, -0.2) is 45.9 Å². The Labute approximate surface area is 148 Å². The fourth-order valence-corrected chi connectivity index (χ4v) is 5.06. The highest BCUT2D eigenvalue weighted by Gasteiger charge is 2.22. The molecule has 2 aromatic rings. The van der Waals surface area contributed by atoms with E-state index >= 15 is 0 Å². The molecule has 4 nitrogen and oxygen atoms in total. The van der Waals surface area contributed by atoms with Crippen molar-refractivity contribution in [1.82, 2.24) is 19.8 Å². The number of aromatic nitrogens is 2. The van der Waals surface area contributed by atoms with Gasteiger partial charge in [-0.1, -0.05) is 0 Å². The lowest BCUT2D eigenvalue weighted by Gasteiger charge is -2.32. The molecule has 2 aliphatic rings. The third-order valence-corrected chi connectivity index (χ3v) is 6.26. The van der Waals surface area contributed by atoms with Crippen molar-refractivity contribution in [2.45, 2.75) is 44.7 Å². The van der Waals surface area contributed by atoms with Gasteiger partial charge in [-0.05, 0) is 63.5 Å². The molecule has 2 fully saturated rings. The van der Waals surface area contributed by atoms with Crippen LogP contribution in [-0.2, 0) is 13.1 Å². The molecule has 0 spiro atoms. The number of hydrogen-bond donors (Lipinski definition) is 0. The summed E-state index contributed by atoms with van der Waals surface area (Å²) in [5, 5.41) is 0. The monoisotopic (exact) mass is 342 g/mol. The van der Waals surface area contributed by atoms with Gasteiger partial charge in [0.05, 0.1) is 0 Å². The van der Waals surface area contributed by atoms with Gasteiger partial charge in [0.25, 0.3) is 0 Å².